The summed E-state index contributed by atoms with van der Waals surface area (Å²) in [7, 11) is 4.74. The average molecular weight is 268 g/mol. The normalized spacial score (nSPS) is 13.8. The van der Waals surface area contributed by atoms with E-state index in [1.54, 1.807) is 33.5 Å². The van der Waals surface area contributed by atoms with E-state index in [1.807, 2.05) is 0 Å². The number of ether oxygens (including phenoxy) is 3. The molecule has 4 nitrogen and oxygen atoms in total. The summed E-state index contributed by atoms with van der Waals surface area (Å²) in [6, 6.07) is 3.52. The molecule has 0 aliphatic heterocycles. The maximum absolute atomic E-state index is 10.4. The number of hydrogen-bond acceptors (Lipinski definition) is 4. The zero-order valence-corrected chi connectivity index (χ0v) is 12.4. The standard InChI is InChI=1S/C15H24O4/c1-6-10(2)7-12(16)15-13(18-4)8-11(17-3)9-14(15)19-5/h8-10,12,16H,6-7H2,1-5H3. The SMILES string of the molecule is CCC(C)CC(O)c1c(OC)cc(OC)cc1OC. The Balaban J connectivity index is 3.15. The fraction of sp³-hybridized carbons (Fsp3) is 0.600. The molecule has 0 heterocycles. The molecule has 1 rings (SSSR count). The highest BCUT2D eigenvalue weighted by Gasteiger charge is 2.22. The maximum Gasteiger partial charge on any atom is 0.132 e. The lowest BCUT2D eigenvalue weighted by molar-refractivity contribution is 0.139. The number of rotatable bonds is 7. The molecule has 108 valence electrons. The van der Waals surface area contributed by atoms with Gasteiger partial charge in [-0.3, -0.25) is 0 Å². The van der Waals surface area contributed by atoms with Crippen LogP contribution in [-0.4, -0.2) is 26.4 Å². The number of aliphatic hydroxyl groups excluding tert-OH is 1. The number of aliphatic hydroxyl groups is 1. The zero-order chi connectivity index (χ0) is 14.4. The predicted molar refractivity (Wildman–Crippen MR) is 75.1 cm³/mol. The molecule has 0 spiro atoms. The Morgan fingerprint density at radius 1 is 1.05 bits per heavy atom. The smallest absolute Gasteiger partial charge is 0.132 e. The van der Waals surface area contributed by atoms with Crippen LogP contribution in [0.5, 0.6) is 17.2 Å². The van der Waals surface area contributed by atoms with E-state index in [2.05, 4.69) is 13.8 Å². The molecule has 4 heteroatoms. The highest BCUT2D eigenvalue weighted by Crippen LogP contribution is 2.40. The highest BCUT2D eigenvalue weighted by atomic mass is 16.5. The topological polar surface area (TPSA) is 47.9 Å². The first kappa shape index (κ1) is 15.6. The van der Waals surface area contributed by atoms with E-state index in [1.165, 1.54) is 0 Å². The van der Waals surface area contributed by atoms with Crippen LogP contribution in [0.4, 0.5) is 0 Å². The monoisotopic (exact) mass is 268 g/mol. The molecular formula is C15H24O4. The van der Waals surface area contributed by atoms with Gasteiger partial charge >= 0.3 is 0 Å². The molecule has 0 saturated carbocycles. The van der Waals surface area contributed by atoms with Crippen molar-refractivity contribution in [2.24, 2.45) is 5.92 Å². The average Bonchev–Trinajstić information content (AvgIpc) is 2.44. The van der Waals surface area contributed by atoms with Gasteiger partial charge in [0.25, 0.3) is 0 Å². The minimum Gasteiger partial charge on any atom is -0.496 e. The first-order valence-electron chi connectivity index (χ1n) is 6.55. The van der Waals surface area contributed by atoms with Crippen LogP contribution in [0.3, 0.4) is 0 Å². The molecule has 0 aliphatic rings. The van der Waals surface area contributed by atoms with Crippen molar-refractivity contribution in [3.63, 3.8) is 0 Å². The molecule has 1 aromatic rings. The Morgan fingerprint density at radius 3 is 1.95 bits per heavy atom. The van der Waals surface area contributed by atoms with Gasteiger partial charge in [0.1, 0.15) is 17.2 Å². The van der Waals surface area contributed by atoms with Crippen molar-refractivity contribution in [1.82, 2.24) is 0 Å². The Bertz CT molecular complexity index is 378. The molecule has 0 saturated heterocycles. The molecule has 1 N–H and O–H groups in total. The molecular weight excluding hydrogens is 244 g/mol. The predicted octanol–water partition coefficient (Wildman–Crippen LogP) is 3.18. The molecule has 2 atom stereocenters. The molecule has 0 aromatic heterocycles. The van der Waals surface area contributed by atoms with Gasteiger partial charge in [0.05, 0.1) is 33.0 Å². The van der Waals surface area contributed by atoms with Gasteiger partial charge in [-0.1, -0.05) is 20.3 Å². The summed E-state index contributed by atoms with van der Waals surface area (Å²) in [6.07, 6.45) is 1.10. The fourth-order valence-electron chi connectivity index (χ4n) is 2.03. The van der Waals surface area contributed by atoms with Crippen molar-refractivity contribution in [3.05, 3.63) is 17.7 Å². The van der Waals surface area contributed by atoms with Gasteiger partial charge in [0, 0.05) is 12.1 Å². The number of methoxy groups -OCH3 is 3. The van der Waals surface area contributed by atoms with Crippen LogP contribution in [-0.2, 0) is 0 Å². The summed E-state index contributed by atoms with van der Waals surface area (Å²) in [6.45, 7) is 4.23. The molecule has 0 bridgehead atoms. The van der Waals surface area contributed by atoms with E-state index in [-0.39, 0.29) is 0 Å². The molecule has 0 radical (unpaired) electrons. The van der Waals surface area contributed by atoms with Crippen LogP contribution >= 0.6 is 0 Å². The van der Waals surface area contributed by atoms with Crippen molar-refractivity contribution < 1.29 is 19.3 Å². The second-order valence-electron chi connectivity index (χ2n) is 4.71. The van der Waals surface area contributed by atoms with E-state index in [9.17, 15) is 5.11 Å². The van der Waals surface area contributed by atoms with Gasteiger partial charge in [-0.25, -0.2) is 0 Å². The zero-order valence-electron chi connectivity index (χ0n) is 12.4. The minimum absolute atomic E-state index is 0.437. The minimum atomic E-state index is -0.606. The second kappa shape index (κ2) is 7.24. The van der Waals surface area contributed by atoms with E-state index in [4.69, 9.17) is 14.2 Å². The molecule has 0 fully saturated rings. The third-order valence-electron chi connectivity index (χ3n) is 3.41. The first-order chi connectivity index (χ1) is 9.07. The van der Waals surface area contributed by atoms with Crippen molar-refractivity contribution >= 4 is 0 Å². The molecule has 1 aromatic carbocycles. The van der Waals surface area contributed by atoms with Crippen LogP contribution in [0.15, 0.2) is 12.1 Å². The number of hydrogen-bond donors (Lipinski definition) is 1. The summed E-state index contributed by atoms with van der Waals surface area (Å²) in [5.41, 5.74) is 0.686. The van der Waals surface area contributed by atoms with Gasteiger partial charge in [0.15, 0.2) is 0 Å². The van der Waals surface area contributed by atoms with Crippen LogP contribution in [0, 0.1) is 5.92 Å². The lowest BCUT2D eigenvalue weighted by Gasteiger charge is -2.21. The van der Waals surface area contributed by atoms with Gasteiger partial charge < -0.3 is 19.3 Å². The van der Waals surface area contributed by atoms with Crippen LogP contribution in [0.25, 0.3) is 0 Å². The Morgan fingerprint density at radius 2 is 1.58 bits per heavy atom. The van der Waals surface area contributed by atoms with Crippen molar-refractivity contribution in [1.29, 1.82) is 0 Å². The lowest BCUT2D eigenvalue weighted by atomic mass is 9.95. The summed E-state index contributed by atoms with van der Waals surface area (Å²) in [4.78, 5) is 0. The van der Waals surface area contributed by atoms with Crippen molar-refractivity contribution in [2.45, 2.75) is 32.8 Å². The van der Waals surface area contributed by atoms with Crippen LogP contribution in [0.1, 0.15) is 38.4 Å². The molecule has 2 unspecified atom stereocenters. The lowest BCUT2D eigenvalue weighted by Crippen LogP contribution is -2.08. The van der Waals surface area contributed by atoms with E-state index in [0.29, 0.717) is 35.2 Å². The molecule has 19 heavy (non-hydrogen) atoms. The van der Waals surface area contributed by atoms with Gasteiger partial charge in [0.2, 0.25) is 0 Å². The Hall–Kier alpha value is -1.42. The van der Waals surface area contributed by atoms with E-state index < -0.39 is 6.10 Å². The van der Waals surface area contributed by atoms with Gasteiger partial charge in [-0.15, -0.1) is 0 Å². The molecule has 0 amide bonds. The largest absolute Gasteiger partial charge is 0.496 e. The van der Waals surface area contributed by atoms with Crippen molar-refractivity contribution in [2.75, 3.05) is 21.3 Å². The number of benzene rings is 1. The summed E-state index contributed by atoms with van der Waals surface area (Å²) in [5, 5.41) is 10.4. The molecule has 0 aliphatic carbocycles. The maximum atomic E-state index is 10.4. The van der Waals surface area contributed by atoms with E-state index in [0.717, 1.165) is 6.42 Å². The van der Waals surface area contributed by atoms with Crippen molar-refractivity contribution in [3.8, 4) is 17.2 Å². The summed E-state index contributed by atoms with van der Waals surface area (Å²) < 4.78 is 15.9. The van der Waals surface area contributed by atoms with Crippen LogP contribution in [0.2, 0.25) is 0 Å². The summed E-state index contributed by atoms with van der Waals surface area (Å²) >= 11 is 0. The van der Waals surface area contributed by atoms with Gasteiger partial charge in [-0.05, 0) is 12.3 Å². The third-order valence-corrected chi connectivity index (χ3v) is 3.41. The van der Waals surface area contributed by atoms with Gasteiger partial charge in [-0.2, -0.15) is 0 Å². The first-order valence-corrected chi connectivity index (χ1v) is 6.55. The fourth-order valence-corrected chi connectivity index (χ4v) is 2.03. The Kier molecular flexibility index (Phi) is 5.96. The third kappa shape index (κ3) is 3.77. The highest BCUT2D eigenvalue weighted by molar-refractivity contribution is 5.51. The quantitative estimate of drug-likeness (QED) is 0.825. The van der Waals surface area contributed by atoms with E-state index >= 15 is 0 Å². The second-order valence-corrected chi connectivity index (χ2v) is 4.71. The van der Waals surface area contributed by atoms with Crippen LogP contribution < -0.4 is 14.2 Å². The summed E-state index contributed by atoms with van der Waals surface area (Å²) in [5.74, 6) is 2.26. The Labute approximate surface area is 115 Å².